The minimum Gasteiger partial charge on any atom is -0.332 e. The largest absolute Gasteiger partial charge is 0.332 e. The summed E-state index contributed by atoms with van der Waals surface area (Å²) in [6, 6.07) is 14.5. The molecule has 2 aliphatic heterocycles. The average Bonchev–Trinajstić information content (AvgIpc) is 3.48. The molecular weight excluding hydrogens is 485 g/mol. The fraction of sp³-hybridized carbons (Fsp3) is 0.407. The molecule has 0 spiro atoms. The van der Waals surface area contributed by atoms with E-state index in [4.69, 9.17) is 0 Å². The van der Waals surface area contributed by atoms with Gasteiger partial charge in [-0.3, -0.25) is 9.69 Å². The molecule has 2 fully saturated rings. The molecule has 3 aromatic rings. The first-order valence-electron chi connectivity index (χ1n) is 12.2. The molecule has 5 rings (SSSR count). The molecule has 0 unspecified atom stereocenters. The SMILES string of the molecule is CSc1ccc(CN2CCC(c3c(C(=O)N4CCC(F)(F)C4)cnn3-c3ccc(F)cc3)CC2)cc1. The smallest absolute Gasteiger partial charge is 0.267 e. The predicted molar refractivity (Wildman–Crippen MR) is 134 cm³/mol. The Kier molecular flexibility index (Phi) is 7.12. The lowest BCUT2D eigenvalue weighted by molar-refractivity contribution is 0.0120. The van der Waals surface area contributed by atoms with Gasteiger partial charge in [-0.25, -0.2) is 17.9 Å². The summed E-state index contributed by atoms with van der Waals surface area (Å²) in [6.45, 7) is 2.01. The molecule has 0 radical (unpaired) electrons. The van der Waals surface area contributed by atoms with Gasteiger partial charge in [-0.15, -0.1) is 11.8 Å². The summed E-state index contributed by atoms with van der Waals surface area (Å²) in [5, 5.41) is 4.47. The van der Waals surface area contributed by atoms with Crippen LogP contribution in [0.15, 0.2) is 59.6 Å². The van der Waals surface area contributed by atoms with Gasteiger partial charge in [0.1, 0.15) is 5.82 Å². The van der Waals surface area contributed by atoms with Crippen LogP contribution in [0.5, 0.6) is 0 Å². The number of nitrogens with zero attached hydrogens (tertiary/aromatic N) is 4. The van der Waals surface area contributed by atoms with Crippen molar-refractivity contribution in [1.82, 2.24) is 19.6 Å². The Bertz CT molecular complexity index is 1200. The molecule has 5 nitrogen and oxygen atoms in total. The van der Waals surface area contributed by atoms with Crippen molar-refractivity contribution in [3.8, 4) is 5.69 Å². The number of rotatable bonds is 6. The molecule has 36 heavy (non-hydrogen) atoms. The van der Waals surface area contributed by atoms with E-state index < -0.39 is 18.4 Å². The normalized spacial score (nSPS) is 18.6. The summed E-state index contributed by atoms with van der Waals surface area (Å²) in [5.41, 5.74) is 3.00. The molecule has 2 saturated heterocycles. The van der Waals surface area contributed by atoms with Gasteiger partial charge >= 0.3 is 0 Å². The van der Waals surface area contributed by atoms with E-state index in [-0.39, 0.29) is 24.7 Å². The fourth-order valence-electron chi connectivity index (χ4n) is 5.14. The number of amides is 1. The van der Waals surface area contributed by atoms with Crippen LogP contribution >= 0.6 is 11.8 Å². The number of hydrogen-bond donors (Lipinski definition) is 0. The minimum atomic E-state index is -2.86. The van der Waals surface area contributed by atoms with Crippen LogP contribution in [0.4, 0.5) is 13.2 Å². The van der Waals surface area contributed by atoms with Crippen LogP contribution in [-0.2, 0) is 6.54 Å². The number of thioether (sulfide) groups is 1. The Morgan fingerprint density at radius 1 is 1.06 bits per heavy atom. The van der Waals surface area contributed by atoms with Crippen molar-refractivity contribution in [2.45, 2.75) is 42.5 Å². The molecule has 1 amide bonds. The summed E-state index contributed by atoms with van der Waals surface area (Å²) >= 11 is 1.72. The van der Waals surface area contributed by atoms with E-state index in [9.17, 15) is 18.0 Å². The number of hydrogen-bond acceptors (Lipinski definition) is 4. The van der Waals surface area contributed by atoms with Crippen LogP contribution in [0.2, 0.25) is 0 Å². The maximum Gasteiger partial charge on any atom is 0.267 e. The van der Waals surface area contributed by atoms with Crippen molar-refractivity contribution in [2.24, 2.45) is 0 Å². The quantitative estimate of drug-likeness (QED) is 0.402. The van der Waals surface area contributed by atoms with E-state index in [2.05, 4.69) is 40.5 Å². The van der Waals surface area contributed by atoms with E-state index >= 15 is 0 Å². The lowest BCUT2D eigenvalue weighted by Gasteiger charge is -2.33. The highest BCUT2D eigenvalue weighted by molar-refractivity contribution is 7.98. The third kappa shape index (κ3) is 5.32. The number of likely N-dealkylation sites (tertiary alicyclic amines) is 2. The molecule has 0 N–H and O–H groups in total. The lowest BCUT2D eigenvalue weighted by Crippen LogP contribution is -2.35. The molecule has 0 atom stereocenters. The predicted octanol–water partition coefficient (Wildman–Crippen LogP) is 5.59. The van der Waals surface area contributed by atoms with Crippen molar-refractivity contribution in [3.05, 3.63) is 77.4 Å². The second kappa shape index (κ2) is 10.3. The standard InChI is InChI=1S/C27H29F3N4OS/c1-36-23-8-2-19(3-9-23)17-32-13-10-20(11-14-32)25-24(26(35)33-15-12-27(29,30)18-33)16-31-34(25)22-6-4-21(28)5-7-22/h2-9,16,20H,10-15,17-18H2,1H3. The zero-order chi connectivity index (χ0) is 25.3. The zero-order valence-corrected chi connectivity index (χ0v) is 21.0. The third-order valence-electron chi connectivity index (χ3n) is 7.10. The summed E-state index contributed by atoms with van der Waals surface area (Å²) in [5.74, 6) is -3.59. The highest BCUT2D eigenvalue weighted by Crippen LogP contribution is 2.35. The van der Waals surface area contributed by atoms with Crippen LogP contribution in [0.25, 0.3) is 5.69 Å². The van der Waals surface area contributed by atoms with Crippen LogP contribution in [-0.4, -0.2) is 63.8 Å². The van der Waals surface area contributed by atoms with E-state index in [0.29, 0.717) is 11.3 Å². The lowest BCUT2D eigenvalue weighted by atomic mass is 9.90. The Balaban J connectivity index is 1.37. The molecule has 0 bridgehead atoms. The second-order valence-electron chi connectivity index (χ2n) is 9.56. The molecule has 3 heterocycles. The zero-order valence-electron chi connectivity index (χ0n) is 20.2. The molecule has 9 heteroatoms. The van der Waals surface area contributed by atoms with Crippen molar-refractivity contribution in [2.75, 3.05) is 32.4 Å². The summed E-state index contributed by atoms with van der Waals surface area (Å²) in [4.78, 5) is 18.2. The van der Waals surface area contributed by atoms with Gasteiger partial charge in [0.2, 0.25) is 0 Å². The Hall–Kier alpha value is -2.78. The monoisotopic (exact) mass is 514 g/mol. The number of carbonyl (C=O) groups excluding carboxylic acids is 1. The molecular formula is C27H29F3N4OS. The van der Waals surface area contributed by atoms with Crippen molar-refractivity contribution in [3.63, 3.8) is 0 Å². The number of halogens is 3. The van der Waals surface area contributed by atoms with Crippen LogP contribution < -0.4 is 0 Å². The second-order valence-corrected chi connectivity index (χ2v) is 10.4. The van der Waals surface area contributed by atoms with Crippen molar-refractivity contribution < 1.29 is 18.0 Å². The number of alkyl halides is 2. The van der Waals surface area contributed by atoms with E-state index in [1.54, 1.807) is 28.6 Å². The fourth-order valence-corrected chi connectivity index (χ4v) is 5.55. The highest BCUT2D eigenvalue weighted by Gasteiger charge is 2.42. The number of benzene rings is 2. The van der Waals surface area contributed by atoms with Crippen LogP contribution in [0, 0.1) is 5.82 Å². The van der Waals surface area contributed by atoms with Crippen LogP contribution in [0.3, 0.4) is 0 Å². The molecule has 190 valence electrons. The number of aromatic nitrogens is 2. The first-order valence-corrected chi connectivity index (χ1v) is 13.4. The summed E-state index contributed by atoms with van der Waals surface area (Å²) in [6.07, 6.45) is 4.84. The first-order chi connectivity index (χ1) is 17.3. The maximum atomic E-state index is 13.8. The van der Waals surface area contributed by atoms with Gasteiger partial charge in [0.25, 0.3) is 11.8 Å². The number of carbonyl (C=O) groups is 1. The van der Waals surface area contributed by atoms with E-state index in [1.165, 1.54) is 33.7 Å². The average molecular weight is 515 g/mol. The maximum absolute atomic E-state index is 13.8. The molecule has 0 aliphatic carbocycles. The Labute approximate surface area is 213 Å². The van der Waals surface area contributed by atoms with Gasteiger partial charge < -0.3 is 4.90 Å². The summed E-state index contributed by atoms with van der Waals surface area (Å²) in [7, 11) is 0. The van der Waals surface area contributed by atoms with Gasteiger partial charge in [0, 0.05) is 30.3 Å². The number of piperidine rings is 1. The van der Waals surface area contributed by atoms with Crippen LogP contribution in [0.1, 0.15) is 46.8 Å². The molecule has 1 aromatic heterocycles. The Morgan fingerprint density at radius 3 is 2.36 bits per heavy atom. The molecule has 0 saturated carbocycles. The summed E-state index contributed by atoms with van der Waals surface area (Å²) < 4.78 is 42.9. The van der Waals surface area contributed by atoms with Gasteiger partial charge in [-0.05, 0) is 74.1 Å². The first kappa shape index (κ1) is 24.9. The third-order valence-corrected chi connectivity index (χ3v) is 7.85. The minimum absolute atomic E-state index is 0.0285. The van der Waals surface area contributed by atoms with Crippen molar-refractivity contribution >= 4 is 17.7 Å². The highest BCUT2D eigenvalue weighted by atomic mass is 32.2. The van der Waals surface area contributed by atoms with E-state index in [1.807, 2.05) is 0 Å². The topological polar surface area (TPSA) is 41.4 Å². The van der Waals surface area contributed by atoms with E-state index in [0.717, 1.165) is 38.2 Å². The van der Waals surface area contributed by atoms with Gasteiger partial charge in [-0.2, -0.15) is 5.10 Å². The van der Waals surface area contributed by atoms with Crippen molar-refractivity contribution in [1.29, 1.82) is 0 Å². The Morgan fingerprint density at radius 2 is 1.75 bits per heavy atom. The molecule has 2 aliphatic rings. The van der Waals surface area contributed by atoms with Gasteiger partial charge in [0.05, 0.1) is 29.7 Å². The molecule has 2 aromatic carbocycles. The van der Waals surface area contributed by atoms with Gasteiger partial charge in [0.15, 0.2) is 0 Å². The van der Waals surface area contributed by atoms with Gasteiger partial charge in [-0.1, -0.05) is 12.1 Å².